The van der Waals surface area contributed by atoms with Crippen molar-refractivity contribution in [3.63, 3.8) is 0 Å². The maximum atomic E-state index is 10.9. The topological polar surface area (TPSA) is 66.3 Å². The van der Waals surface area contributed by atoms with Crippen LogP contribution < -0.4 is 4.90 Å². The van der Waals surface area contributed by atoms with E-state index in [2.05, 4.69) is 9.97 Å². The lowest BCUT2D eigenvalue weighted by Crippen LogP contribution is -2.23. The third-order valence-corrected chi connectivity index (χ3v) is 2.80. The van der Waals surface area contributed by atoms with E-state index in [0.29, 0.717) is 6.54 Å². The number of carboxylic acids is 1. The van der Waals surface area contributed by atoms with Crippen LogP contribution >= 0.6 is 0 Å². The highest BCUT2D eigenvalue weighted by Gasteiger charge is 2.35. The second-order valence-electron chi connectivity index (χ2n) is 3.89. The number of rotatable bonds is 2. The van der Waals surface area contributed by atoms with Crippen LogP contribution in [-0.2, 0) is 4.79 Å². The van der Waals surface area contributed by atoms with Gasteiger partial charge in [-0.3, -0.25) is 9.78 Å². The summed E-state index contributed by atoms with van der Waals surface area (Å²) in [6, 6.07) is 0. The maximum Gasteiger partial charge on any atom is 0.308 e. The third kappa shape index (κ3) is 1.91. The van der Waals surface area contributed by atoms with Gasteiger partial charge in [-0.05, 0) is 5.92 Å². The summed E-state index contributed by atoms with van der Waals surface area (Å²) in [6.07, 6.45) is 4.89. The van der Waals surface area contributed by atoms with Gasteiger partial charge in [0.25, 0.3) is 0 Å². The van der Waals surface area contributed by atoms with Crippen molar-refractivity contribution in [1.29, 1.82) is 0 Å². The Balaban J connectivity index is 2.13. The van der Waals surface area contributed by atoms with Gasteiger partial charge in [0.05, 0.1) is 12.1 Å². The average Bonchev–Trinajstić information content (AvgIpc) is 2.62. The van der Waals surface area contributed by atoms with Gasteiger partial charge in [-0.1, -0.05) is 6.92 Å². The lowest BCUT2D eigenvalue weighted by molar-refractivity contribution is -0.142. The van der Waals surface area contributed by atoms with Gasteiger partial charge in [0.1, 0.15) is 5.82 Å². The Hall–Kier alpha value is -1.65. The van der Waals surface area contributed by atoms with Crippen LogP contribution in [-0.4, -0.2) is 34.1 Å². The summed E-state index contributed by atoms with van der Waals surface area (Å²) in [7, 11) is 0. The van der Waals surface area contributed by atoms with E-state index in [9.17, 15) is 4.79 Å². The van der Waals surface area contributed by atoms with Crippen LogP contribution in [0.25, 0.3) is 0 Å². The molecule has 15 heavy (non-hydrogen) atoms. The zero-order chi connectivity index (χ0) is 10.8. The van der Waals surface area contributed by atoms with Crippen LogP contribution in [0.2, 0.25) is 0 Å². The average molecular weight is 207 g/mol. The van der Waals surface area contributed by atoms with Crippen molar-refractivity contribution in [3.8, 4) is 0 Å². The van der Waals surface area contributed by atoms with Gasteiger partial charge in [0, 0.05) is 25.5 Å². The van der Waals surface area contributed by atoms with Crippen LogP contribution in [0, 0.1) is 11.8 Å². The molecule has 5 heteroatoms. The molecule has 0 bridgehead atoms. The standard InChI is InChI=1S/C10H13N3O2/c1-7-5-13(6-8(7)10(14)15)9-4-11-2-3-12-9/h2-4,7-8H,5-6H2,1H3,(H,14,15). The molecule has 2 heterocycles. The Bertz CT molecular complexity index is 355. The van der Waals surface area contributed by atoms with Gasteiger partial charge in [-0.2, -0.15) is 0 Å². The molecule has 1 N–H and O–H groups in total. The van der Waals surface area contributed by atoms with Crippen molar-refractivity contribution in [2.45, 2.75) is 6.92 Å². The van der Waals surface area contributed by atoms with Gasteiger partial charge >= 0.3 is 5.97 Å². The number of hydrogen-bond donors (Lipinski definition) is 1. The fraction of sp³-hybridized carbons (Fsp3) is 0.500. The van der Waals surface area contributed by atoms with Gasteiger partial charge in [-0.25, -0.2) is 4.98 Å². The summed E-state index contributed by atoms with van der Waals surface area (Å²) in [4.78, 5) is 21.0. The summed E-state index contributed by atoms with van der Waals surface area (Å²) >= 11 is 0. The minimum Gasteiger partial charge on any atom is -0.481 e. The van der Waals surface area contributed by atoms with Crippen LogP contribution in [0.3, 0.4) is 0 Å². The zero-order valence-electron chi connectivity index (χ0n) is 8.50. The van der Waals surface area contributed by atoms with Crippen LogP contribution in [0.5, 0.6) is 0 Å². The first-order valence-electron chi connectivity index (χ1n) is 4.92. The highest BCUT2D eigenvalue weighted by molar-refractivity contribution is 5.72. The number of aliphatic carboxylic acids is 1. The highest BCUT2D eigenvalue weighted by Crippen LogP contribution is 2.26. The van der Waals surface area contributed by atoms with Crippen molar-refractivity contribution in [2.24, 2.45) is 11.8 Å². The monoisotopic (exact) mass is 207 g/mol. The molecule has 2 unspecified atom stereocenters. The first kappa shape index (κ1) is 9.89. The van der Waals surface area contributed by atoms with Crippen molar-refractivity contribution in [1.82, 2.24) is 9.97 Å². The second-order valence-corrected chi connectivity index (χ2v) is 3.89. The molecular formula is C10H13N3O2. The summed E-state index contributed by atoms with van der Waals surface area (Å²) in [5, 5.41) is 8.99. The van der Waals surface area contributed by atoms with Crippen molar-refractivity contribution in [3.05, 3.63) is 18.6 Å². The molecule has 0 radical (unpaired) electrons. The Kier molecular flexibility index (Phi) is 2.53. The number of nitrogens with zero attached hydrogens (tertiary/aromatic N) is 3. The molecule has 0 aromatic carbocycles. The molecule has 80 valence electrons. The van der Waals surface area contributed by atoms with Gasteiger partial charge in [0.2, 0.25) is 0 Å². The Morgan fingerprint density at radius 1 is 1.53 bits per heavy atom. The predicted molar refractivity (Wildman–Crippen MR) is 54.5 cm³/mol. The molecular weight excluding hydrogens is 194 g/mol. The lowest BCUT2D eigenvalue weighted by Gasteiger charge is -2.15. The molecule has 1 aromatic heterocycles. The summed E-state index contributed by atoms with van der Waals surface area (Å²) in [6.45, 7) is 3.21. The minimum atomic E-state index is -0.728. The summed E-state index contributed by atoms with van der Waals surface area (Å²) < 4.78 is 0. The van der Waals surface area contributed by atoms with Gasteiger partial charge in [0.15, 0.2) is 0 Å². The first-order valence-corrected chi connectivity index (χ1v) is 4.92. The normalized spacial score (nSPS) is 25.5. The number of carbonyl (C=O) groups is 1. The molecule has 1 aliphatic rings. The Labute approximate surface area is 87.8 Å². The van der Waals surface area contributed by atoms with E-state index in [0.717, 1.165) is 12.4 Å². The fourth-order valence-electron chi connectivity index (χ4n) is 1.93. The second kappa shape index (κ2) is 3.84. The maximum absolute atomic E-state index is 10.9. The Morgan fingerprint density at radius 2 is 2.33 bits per heavy atom. The SMILES string of the molecule is CC1CN(c2cnccn2)CC1C(=O)O. The summed E-state index contributed by atoms with van der Waals surface area (Å²) in [5.74, 6) is -0.112. The van der Waals surface area contributed by atoms with E-state index in [-0.39, 0.29) is 11.8 Å². The number of carboxylic acid groups (broad SMARTS) is 1. The van der Waals surface area contributed by atoms with Crippen molar-refractivity contribution < 1.29 is 9.90 Å². The van der Waals surface area contributed by atoms with E-state index in [1.165, 1.54) is 0 Å². The van der Waals surface area contributed by atoms with E-state index < -0.39 is 5.97 Å². The molecule has 5 nitrogen and oxygen atoms in total. The van der Waals surface area contributed by atoms with Crippen molar-refractivity contribution >= 4 is 11.8 Å². The minimum absolute atomic E-state index is 0.157. The molecule has 0 amide bonds. The van der Waals surface area contributed by atoms with Crippen LogP contribution in [0.15, 0.2) is 18.6 Å². The van der Waals surface area contributed by atoms with E-state index in [4.69, 9.17) is 5.11 Å². The van der Waals surface area contributed by atoms with Crippen LogP contribution in [0.1, 0.15) is 6.92 Å². The number of hydrogen-bond acceptors (Lipinski definition) is 4. The van der Waals surface area contributed by atoms with E-state index >= 15 is 0 Å². The molecule has 2 rings (SSSR count). The summed E-state index contributed by atoms with van der Waals surface area (Å²) in [5.41, 5.74) is 0. The van der Waals surface area contributed by atoms with Gasteiger partial charge < -0.3 is 10.0 Å². The number of aromatic nitrogens is 2. The molecule has 1 saturated heterocycles. The van der Waals surface area contributed by atoms with Crippen molar-refractivity contribution in [2.75, 3.05) is 18.0 Å². The molecule has 2 atom stereocenters. The highest BCUT2D eigenvalue weighted by atomic mass is 16.4. The number of anilines is 1. The predicted octanol–water partition coefficient (Wildman–Crippen LogP) is 0.633. The molecule has 1 fully saturated rings. The molecule has 0 saturated carbocycles. The molecule has 1 aliphatic heterocycles. The van der Waals surface area contributed by atoms with Gasteiger partial charge in [-0.15, -0.1) is 0 Å². The molecule has 0 aliphatic carbocycles. The largest absolute Gasteiger partial charge is 0.481 e. The molecule has 0 spiro atoms. The zero-order valence-corrected chi connectivity index (χ0v) is 8.50. The van der Waals surface area contributed by atoms with E-state index in [1.54, 1.807) is 18.6 Å². The quantitative estimate of drug-likeness (QED) is 0.770. The smallest absolute Gasteiger partial charge is 0.308 e. The fourth-order valence-corrected chi connectivity index (χ4v) is 1.93. The lowest BCUT2D eigenvalue weighted by atomic mass is 9.99. The molecule has 1 aromatic rings. The van der Waals surface area contributed by atoms with Crippen LogP contribution in [0.4, 0.5) is 5.82 Å². The Morgan fingerprint density at radius 3 is 2.87 bits per heavy atom. The third-order valence-electron chi connectivity index (χ3n) is 2.80. The van der Waals surface area contributed by atoms with E-state index in [1.807, 2.05) is 11.8 Å². The first-order chi connectivity index (χ1) is 7.18.